The number of nitrogens with zero attached hydrogens (tertiary/aromatic N) is 1. The molecule has 82 valence electrons. The highest BCUT2D eigenvalue weighted by Gasteiger charge is 2.22. The van der Waals surface area contributed by atoms with E-state index in [9.17, 15) is 0 Å². The van der Waals surface area contributed by atoms with E-state index in [0.29, 0.717) is 6.04 Å². The first-order valence-corrected chi connectivity index (χ1v) is 5.78. The fraction of sp³-hybridized carbons (Fsp3) is 0.455. The molecule has 4 heteroatoms. The van der Waals surface area contributed by atoms with Crippen molar-refractivity contribution in [3.8, 4) is 5.75 Å². The van der Waals surface area contributed by atoms with Crippen LogP contribution in [-0.2, 0) is 6.54 Å². The van der Waals surface area contributed by atoms with Crippen LogP contribution in [0.3, 0.4) is 0 Å². The molecule has 0 aliphatic carbocycles. The second-order valence-electron chi connectivity index (χ2n) is 3.92. The average molecular weight is 271 g/mol. The quantitative estimate of drug-likeness (QED) is 0.907. The molecule has 15 heavy (non-hydrogen) atoms. The van der Waals surface area contributed by atoms with Crippen LogP contribution in [0.5, 0.6) is 5.75 Å². The standard InChI is InChI=1S/C11H15BrN2O/c1-15-11-3-2-8(4-10(11)12)5-14-6-9(13)7-14/h2-4,9H,5-7,13H2,1H3. The molecule has 0 unspecified atom stereocenters. The largest absolute Gasteiger partial charge is 0.496 e. The summed E-state index contributed by atoms with van der Waals surface area (Å²) in [5.74, 6) is 0.874. The van der Waals surface area contributed by atoms with Crippen LogP contribution in [0.4, 0.5) is 0 Å². The Labute approximate surface area is 98.3 Å². The Morgan fingerprint density at radius 3 is 2.80 bits per heavy atom. The van der Waals surface area contributed by atoms with Gasteiger partial charge in [-0.2, -0.15) is 0 Å². The molecule has 0 spiro atoms. The van der Waals surface area contributed by atoms with Gasteiger partial charge in [0.15, 0.2) is 0 Å². The van der Waals surface area contributed by atoms with E-state index >= 15 is 0 Å². The van der Waals surface area contributed by atoms with Gasteiger partial charge in [-0.1, -0.05) is 6.07 Å². The first-order valence-electron chi connectivity index (χ1n) is 4.99. The molecule has 1 saturated heterocycles. The Balaban J connectivity index is 2.00. The summed E-state index contributed by atoms with van der Waals surface area (Å²) in [5.41, 5.74) is 7.01. The van der Waals surface area contributed by atoms with Crippen molar-refractivity contribution in [3.63, 3.8) is 0 Å². The number of likely N-dealkylation sites (tertiary alicyclic amines) is 1. The van der Waals surface area contributed by atoms with Gasteiger partial charge in [0.2, 0.25) is 0 Å². The summed E-state index contributed by atoms with van der Waals surface area (Å²) in [6.07, 6.45) is 0. The highest BCUT2D eigenvalue weighted by Crippen LogP contribution is 2.26. The minimum absolute atomic E-state index is 0.367. The molecule has 1 aliphatic heterocycles. The number of rotatable bonds is 3. The van der Waals surface area contributed by atoms with Gasteiger partial charge >= 0.3 is 0 Å². The number of hydrogen-bond donors (Lipinski definition) is 1. The summed E-state index contributed by atoms with van der Waals surface area (Å²) >= 11 is 3.48. The van der Waals surface area contributed by atoms with Crippen LogP contribution >= 0.6 is 15.9 Å². The van der Waals surface area contributed by atoms with Crippen molar-refractivity contribution in [2.45, 2.75) is 12.6 Å². The lowest BCUT2D eigenvalue weighted by molar-refractivity contribution is 0.142. The summed E-state index contributed by atoms with van der Waals surface area (Å²) < 4.78 is 6.19. The summed E-state index contributed by atoms with van der Waals surface area (Å²) in [6, 6.07) is 6.54. The third-order valence-electron chi connectivity index (χ3n) is 2.61. The Morgan fingerprint density at radius 1 is 1.53 bits per heavy atom. The molecule has 0 aromatic heterocycles. The van der Waals surface area contributed by atoms with E-state index in [2.05, 4.69) is 33.0 Å². The molecular weight excluding hydrogens is 256 g/mol. The van der Waals surface area contributed by atoms with E-state index < -0.39 is 0 Å². The highest BCUT2D eigenvalue weighted by atomic mass is 79.9. The average Bonchev–Trinajstić information content (AvgIpc) is 2.16. The number of benzene rings is 1. The van der Waals surface area contributed by atoms with Gasteiger partial charge < -0.3 is 10.5 Å². The maximum Gasteiger partial charge on any atom is 0.133 e. The monoisotopic (exact) mass is 270 g/mol. The molecule has 2 rings (SSSR count). The van der Waals surface area contributed by atoms with Crippen LogP contribution in [0.2, 0.25) is 0 Å². The third kappa shape index (κ3) is 2.51. The lowest BCUT2D eigenvalue weighted by Crippen LogP contribution is -2.54. The van der Waals surface area contributed by atoms with Crippen LogP contribution in [0.1, 0.15) is 5.56 Å². The predicted octanol–water partition coefficient (Wildman–Crippen LogP) is 1.60. The number of nitrogens with two attached hydrogens (primary N) is 1. The minimum Gasteiger partial charge on any atom is -0.496 e. The zero-order valence-electron chi connectivity index (χ0n) is 8.74. The molecule has 0 atom stereocenters. The number of ether oxygens (including phenoxy) is 1. The van der Waals surface area contributed by atoms with Crippen molar-refractivity contribution < 1.29 is 4.74 Å². The van der Waals surface area contributed by atoms with Crippen LogP contribution < -0.4 is 10.5 Å². The maximum atomic E-state index is 5.73. The van der Waals surface area contributed by atoms with Crippen molar-refractivity contribution in [2.24, 2.45) is 5.73 Å². The van der Waals surface area contributed by atoms with Gasteiger partial charge in [-0.3, -0.25) is 4.90 Å². The molecular formula is C11H15BrN2O. The van der Waals surface area contributed by atoms with Gasteiger partial charge in [0.05, 0.1) is 11.6 Å². The van der Waals surface area contributed by atoms with E-state index in [0.717, 1.165) is 29.9 Å². The predicted molar refractivity (Wildman–Crippen MR) is 63.9 cm³/mol. The topological polar surface area (TPSA) is 38.5 Å². The Hall–Kier alpha value is -0.580. The maximum absolute atomic E-state index is 5.73. The minimum atomic E-state index is 0.367. The van der Waals surface area contributed by atoms with Crippen LogP contribution in [0, 0.1) is 0 Å². The van der Waals surface area contributed by atoms with Crippen LogP contribution in [0.25, 0.3) is 0 Å². The van der Waals surface area contributed by atoms with E-state index in [1.54, 1.807) is 7.11 Å². The Kier molecular flexibility index (Phi) is 3.29. The SMILES string of the molecule is COc1ccc(CN2CC(N)C2)cc1Br. The molecule has 0 saturated carbocycles. The molecule has 1 aliphatic rings. The number of methoxy groups -OCH3 is 1. The zero-order valence-corrected chi connectivity index (χ0v) is 10.3. The lowest BCUT2D eigenvalue weighted by Gasteiger charge is -2.36. The zero-order chi connectivity index (χ0) is 10.8. The van der Waals surface area contributed by atoms with Crippen molar-refractivity contribution in [3.05, 3.63) is 28.2 Å². The molecule has 2 N–H and O–H groups in total. The van der Waals surface area contributed by atoms with Crippen LogP contribution in [0.15, 0.2) is 22.7 Å². The van der Waals surface area contributed by atoms with Gasteiger partial charge in [-0.05, 0) is 33.6 Å². The van der Waals surface area contributed by atoms with E-state index in [4.69, 9.17) is 10.5 Å². The summed E-state index contributed by atoms with van der Waals surface area (Å²) in [4.78, 5) is 2.33. The fourth-order valence-corrected chi connectivity index (χ4v) is 2.39. The molecule has 1 fully saturated rings. The first-order chi connectivity index (χ1) is 7.19. The second-order valence-corrected chi connectivity index (χ2v) is 4.78. The molecule has 1 aromatic rings. The molecule has 0 bridgehead atoms. The van der Waals surface area contributed by atoms with E-state index in [1.165, 1.54) is 5.56 Å². The Morgan fingerprint density at radius 2 is 2.27 bits per heavy atom. The molecule has 1 aromatic carbocycles. The molecule has 3 nitrogen and oxygen atoms in total. The van der Waals surface area contributed by atoms with E-state index in [1.807, 2.05) is 6.07 Å². The van der Waals surface area contributed by atoms with Gasteiger partial charge in [-0.15, -0.1) is 0 Å². The fourth-order valence-electron chi connectivity index (χ4n) is 1.81. The highest BCUT2D eigenvalue weighted by molar-refractivity contribution is 9.10. The normalized spacial score (nSPS) is 17.5. The number of halogens is 1. The van der Waals surface area contributed by atoms with Gasteiger partial charge in [0.25, 0.3) is 0 Å². The van der Waals surface area contributed by atoms with Gasteiger partial charge in [0.1, 0.15) is 5.75 Å². The van der Waals surface area contributed by atoms with Crippen molar-refractivity contribution >= 4 is 15.9 Å². The molecule has 0 amide bonds. The lowest BCUT2D eigenvalue weighted by atomic mass is 10.1. The first kappa shape index (κ1) is 10.9. The Bertz CT molecular complexity index is 350. The van der Waals surface area contributed by atoms with Crippen LogP contribution in [-0.4, -0.2) is 31.1 Å². The summed E-state index contributed by atoms with van der Waals surface area (Å²) in [6.45, 7) is 2.98. The smallest absolute Gasteiger partial charge is 0.133 e. The second kappa shape index (κ2) is 4.51. The van der Waals surface area contributed by atoms with Gasteiger partial charge in [0, 0.05) is 25.7 Å². The third-order valence-corrected chi connectivity index (χ3v) is 3.23. The molecule has 1 heterocycles. The number of hydrogen-bond acceptors (Lipinski definition) is 3. The summed E-state index contributed by atoms with van der Waals surface area (Å²) in [5, 5.41) is 0. The molecule has 0 radical (unpaired) electrons. The van der Waals surface area contributed by atoms with Crippen molar-refractivity contribution in [1.29, 1.82) is 0 Å². The van der Waals surface area contributed by atoms with Gasteiger partial charge in [-0.25, -0.2) is 0 Å². The van der Waals surface area contributed by atoms with Crippen molar-refractivity contribution in [1.82, 2.24) is 4.90 Å². The van der Waals surface area contributed by atoms with E-state index in [-0.39, 0.29) is 0 Å². The van der Waals surface area contributed by atoms with Crippen molar-refractivity contribution in [2.75, 3.05) is 20.2 Å². The summed E-state index contributed by atoms with van der Waals surface area (Å²) in [7, 11) is 1.67.